The molecule has 0 radical (unpaired) electrons. The van der Waals surface area contributed by atoms with Crippen molar-refractivity contribution in [2.75, 3.05) is 19.8 Å². The van der Waals surface area contributed by atoms with Gasteiger partial charge in [0.05, 0.1) is 13.2 Å². The Hall–Kier alpha value is -2.56. The van der Waals surface area contributed by atoms with Gasteiger partial charge in [-0.25, -0.2) is 9.36 Å². The lowest BCUT2D eigenvalue weighted by atomic mass is 10.0. The van der Waals surface area contributed by atoms with Crippen LogP contribution in [0.4, 0.5) is 0 Å². The van der Waals surface area contributed by atoms with Gasteiger partial charge < -0.3 is 25.2 Å². The summed E-state index contributed by atoms with van der Waals surface area (Å²) in [6.45, 7) is 2.59. The summed E-state index contributed by atoms with van der Waals surface area (Å²) >= 11 is 0. The summed E-state index contributed by atoms with van der Waals surface area (Å²) in [5, 5.41) is 21.9. The average molecular weight is 924 g/mol. The number of aliphatic carboxylic acids is 1. The third-order valence-corrected chi connectivity index (χ3v) is 12.1. The lowest BCUT2D eigenvalue weighted by molar-refractivity contribution is -0.147. The zero-order valence-electron chi connectivity index (χ0n) is 40.6. The number of ether oxygens (including phenoxy) is 1. The van der Waals surface area contributed by atoms with Crippen molar-refractivity contribution in [3.63, 3.8) is 0 Å². The van der Waals surface area contributed by atoms with Gasteiger partial charge >= 0.3 is 19.8 Å². The van der Waals surface area contributed by atoms with E-state index in [2.05, 4.69) is 67.8 Å². The van der Waals surface area contributed by atoms with E-state index in [1.807, 2.05) is 0 Å². The number of carboxylic acids is 1. The topological polar surface area (TPSA) is 169 Å². The van der Waals surface area contributed by atoms with E-state index < -0.39 is 57.6 Å². The summed E-state index contributed by atoms with van der Waals surface area (Å²) in [6.07, 6.45) is 54.1. The van der Waals surface area contributed by atoms with Gasteiger partial charge in [0.25, 0.3) is 0 Å². The monoisotopic (exact) mass is 924 g/mol. The molecular formula is C52H94NO10P. The summed E-state index contributed by atoms with van der Waals surface area (Å²) in [5.41, 5.74) is 0. The number of carbonyl (C=O) groups excluding carboxylic acids is 2. The third-order valence-electron chi connectivity index (χ3n) is 11.1. The number of rotatable bonds is 48. The standard InChI is InChI=1S/C52H94NO10P/c1-3-5-7-9-11-13-15-17-19-21-23-24-26-27-29-31-33-35-37-39-41-43-50(55)53-49(52(57)58)47-63-64(59,60)62-46-48(54)45-61-51(56)44-42-40-38-36-34-32-30-28-25-22-20-18-16-14-12-10-8-6-4-2/h11,13,17,19,23-24,27,29,48-49,54H,3-10,12,14-16,18,20-22,25-26,28,30-47H2,1-2H3,(H,53,55)(H,57,58)(H,59,60)/b13-11-,19-17-,24-23-,29-27-. The number of nitrogens with one attached hydrogen (secondary N) is 1. The Bertz CT molecular complexity index is 1270. The number of amides is 1. The molecular weight excluding hydrogens is 830 g/mol. The van der Waals surface area contributed by atoms with E-state index in [1.54, 1.807) is 0 Å². The maximum absolute atomic E-state index is 12.4. The minimum absolute atomic E-state index is 0.124. The van der Waals surface area contributed by atoms with E-state index in [0.29, 0.717) is 12.8 Å². The highest BCUT2D eigenvalue weighted by Gasteiger charge is 2.28. The lowest BCUT2D eigenvalue weighted by Gasteiger charge is -2.18. The van der Waals surface area contributed by atoms with Crippen LogP contribution >= 0.6 is 7.82 Å². The third kappa shape index (κ3) is 46.0. The maximum Gasteiger partial charge on any atom is 0.472 e. The molecule has 0 aliphatic heterocycles. The molecule has 3 unspecified atom stereocenters. The van der Waals surface area contributed by atoms with Crippen LogP contribution in [0.5, 0.6) is 0 Å². The number of hydrogen-bond donors (Lipinski definition) is 4. The molecule has 0 rings (SSSR count). The Morgan fingerprint density at radius 1 is 0.500 bits per heavy atom. The van der Waals surface area contributed by atoms with Crippen molar-refractivity contribution in [3.05, 3.63) is 48.6 Å². The van der Waals surface area contributed by atoms with E-state index in [9.17, 15) is 34.1 Å². The zero-order chi connectivity index (χ0) is 47.0. The smallest absolute Gasteiger partial charge is 0.472 e. The predicted molar refractivity (Wildman–Crippen MR) is 263 cm³/mol. The second-order valence-electron chi connectivity index (χ2n) is 17.4. The van der Waals surface area contributed by atoms with E-state index in [-0.39, 0.29) is 12.8 Å². The number of esters is 1. The molecule has 1 amide bonds. The van der Waals surface area contributed by atoms with Crippen molar-refractivity contribution in [1.82, 2.24) is 5.32 Å². The highest BCUT2D eigenvalue weighted by atomic mass is 31.2. The lowest BCUT2D eigenvalue weighted by Crippen LogP contribution is -2.43. The Balaban J connectivity index is 3.86. The molecule has 3 atom stereocenters. The van der Waals surface area contributed by atoms with Gasteiger partial charge in [-0.2, -0.15) is 0 Å². The molecule has 0 aromatic heterocycles. The highest BCUT2D eigenvalue weighted by molar-refractivity contribution is 7.47. The SMILES string of the molecule is CCCCC/C=C\C/C=C\C/C=C\C/C=C\CCCCCCCC(=O)NC(COP(=O)(O)OCC(O)COC(=O)CCCCCCCCCCCCCCCCCCCCC)C(=O)O. The quantitative estimate of drug-likeness (QED) is 0.0199. The van der Waals surface area contributed by atoms with Crippen molar-refractivity contribution in [2.24, 2.45) is 0 Å². The molecule has 372 valence electrons. The molecule has 0 fully saturated rings. The average Bonchev–Trinajstić information content (AvgIpc) is 3.27. The summed E-state index contributed by atoms with van der Waals surface area (Å²) in [7, 11) is -4.77. The Morgan fingerprint density at radius 3 is 1.31 bits per heavy atom. The predicted octanol–water partition coefficient (Wildman–Crippen LogP) is 14.1. The van der Waals surface area contributed by atoms with Gasteiger partial charge in [0.15, 0.2) is 6.04 Å². The van der Waals surface area contributed by atoms with Gasteiger partial charge in [0, 0.05) is 12.8 Å². The first kappa shape index (κ1) is 61.4. The van der Waals surface area contributed by atoms with Crippen LogP contribution in [0, 0.1) is 0 Å². The molecule has 0 saturated heterocycles. The minimum Gasteiger partial charge on any atom is -0.480 e. The van der Waals surface area contributed by atoms with Crippen LogP contribution in [-0.4, -0.2) is 64.9 Å². The van der Waals surface area contributed by atoms with Gasteiger partial charge in [0.1, 0.15) is 12.7 Å². The molecule has 0 spiro atoms. The number of phosphoric acid groups is 1. The van der Waals surface area contributed by atoms with E-state index in [1.165, 1.54) is 122 Å². The van der Waals surface area contributed by atoms with E-state index in [0.717, 1.165) is 70.6 Å². The molecule has 0 saturated carbocycles. The summed E-state index contributed by atoms with van der Waals surface area (Å²) in [6, 6.07) is -1.56. The number of unbranched alkanes of at least 4 members (excludes halogenated alkanes) is 26. The Morgan fingerprint density at radius 2 is 0.859 bits per heavy atom. The second-order valence-corrected chi connectivity index (χ2v) is 18.8. The molecule has 4 N–H and O–H groups in total. The van der Waals surface area contributed by atoms with Gasteiger partial charge in [0.2, 0.25) is 5.91 Å². The first-order valence-electron chi connectivity index (χ1n) is 25.7. The maximum atomic E-state index is 12.4. The molecule has 0 heterocycles. The number of hydrogen-bond acceptors (Lipinski definition) is 8. The number of phosphoric ester groups is 1. The first-order valence-corrected chi connectivity index (χ1v) is 27.2. The van der Waals surface area contributed by atoms with Crippen molar-refractivity contribution >= 4 is 25.7 Å². The number of carboxylic acid groups (broad SMARTS) is 1. The number of carbonyl (C=O) groups is 3. The summed E-state index contributed by atoms with van der Waals surface area (Å²) < 4.78 is 26.9. The number of aliphatic hydroxyl groups excluding tert-OH is 1. The van der Waals surface area contributed by atoms with Crippen molar-refractivity contribution in [2.45, 2.75) is 244 Å². The van der Waals surface area contributed by atoms with Crippen LogP contribution in [0.15, 0.2) is 48.6 Å². The Labute approximate surface area is 390 Å². The summed E-state index contributed by atoms with van der Waals surface area (Å²) in [5.74, 6) is -2.39. The van der Waals surface area contributed by atoms with E-state index in [4.69, 9.17) is 13.8 Å². The zero-order valence-corrected chi connectivity index (χ0v) is 41.5. The first-order chi connectivity index (χ1) is 31.1. The Kier molecular flexibility index (Phi) is 45.1. The van der Waals surface area contributed by atoms with Crippen LogP contribution in [0.25, 0.3) is 0 Å². The van der Waals surface area contributed by atoms with Gasteiger partial charge in [-0.05, 0) is 57.8 Å². The van der Waals surface area contributed by atoms with Crippen LogP contribution in [0.3, 0.4) is 0 Å². The van der Waals surface area contributed by atoms with Crippen molar-refractivity contribution < 1.29 is 47.8 Å². The molecule has 0 aliphatic carbocycles. The highest BCUT2D eigenvalue weighted by Crippen LogP contribution is 2.43. The van der Waals surface area contributed by atoms with Gasteiger partial charge in [-0.1, -0.05) is 210 Å². The van der Waals surface area contributed by atoms with Crippen LogP contribution in [0.2, 0.25) is 0 Å². The van der Waals surface area contributed by atoms with Crippen molar-refractivity contribution in [3.8, 4) is 0 Å². The second kappa shape index (κ2) is 47.0. The number of aliphatic hydroxyl groups is 1. The molecule has 12 heteroatoms. The molecule has 0 aromatic rings. The molecule has 0 aliphatic rings. The van der Waals surface area contributed by atoms with Crippen LogP contribution < -0.4 is 5.32 Å². The normalized spacial score (nSPS) is 13.9. The minimum atomic E-state index is -4.77. The van der Waals surface area contributed by atoms with Gasteiger partial charge in [-0.15, -0.1) is 0 Å². The van der Waals surface area contributed by atoms with Crippen LogP contribution in [0.1, 0.15) is 232 Å². The molecule has 0 bridgehead atoms. The van der Waals surface area contributed by atoms with E-state index >= 15 is 0 Å². The fraction of sp³-hybridized carbons (Fsp3) is 0.788. The van der Waals surface area contributed by atoms with Gasteiger partial charge in [-0.3, -0.25) is 18.6 Å². The molecule has 64 heavy (non-hydrogen) atoms. The summed E-state index contributed by atoms with van der Waals surface area (Å²) in [4.78, 5) is 46.1. The molecule has 11 nitrogen and oxygen atoms in total. The fourth-order valence-electron chi connectivity index (χ4n) is 7.12. The van der Waals surface area contributed by atoms with Crippen molar-refractivity contribution in [1.29, 1.82) is 0 Å². The number of allylic oxidation sites excluding steroid dienone is 8. The van der Waals surface area contributed by atoms with Crippen LogP contribution in [-0.2, 0) is 32.7 Å². The largest absolute Gasteiger partial charge is 0.480 e. The fourth-order valence-corrected chi connectivity index (χ4v) is 7.90. The molecule has 0 aromatic carbocycles.